The molecule has 3 nitrogen and oxygen atoms in total. The van der Waals surface area contributed by atoms with Crippen LogP contribution in [-0.2, 0) is 4.79 Å². The lowest BCUT2D eigenvalue weighted by molar-refractivity contribution is -0.118. The Morgan fingerprint density at radius 1 is 1.80 bits per heavy atom. The van der Waals surface area contributed by atoms with Crippen molar-refractivity contribution in [1.29, 1.82) is 0 Å². The van der Waals surface area contributed by atoms with Crippen LogP contribution in [0.5, 0.6) is 0 Å². The first-order valence-electron chi connectivity index (χ1n) is 3.29. The molecule has 0 radical (unpaired) electrons. The quantitative estimate of drug-likeness (QED) is 0.489. The number of primary amides is 1. The molecular weight excluding hydrogens is 148 g/mol. The van der Waals surface area contributed by atoms with E-state index in [0.29, 0.717) is 6.42 Å². The first-order valence-corrected chi connectivity index (χ1v) is 3.92. The van der Waals surface area contributed by atoms with Crippen LogP contribution in [-0.4, -0.2) is 24.2 Å². The first-order chi connectivity index (χ1) is 4.66. The van der Waals surface area contributed by atoms with Crippen molar-refractivity contribution in [2.45, 2.75) is 19.4 Å². The fourth-order valence-electron chi connectivity index (χ4n) is 0.685. The molecule has 4 heteroatoms. The fraction of sp³-hybridized carbons (Fsp3) is 0.833. The summed E-state index contributed by atoms with van der Waals surface area (Å²) in [6.45, 7) is 2.74. The third-order valence-electron chi connectivity index (χ3n) is 1.11. The first kappa shape index (κ1) is 9.78. The Labute approximate surface area is 66.8 Å². The van der Waals surface area contributed by atoms with Crippen molar-refractivity contribution in [3.63, 3.8) is 0 Å². The molecule has 1 unspecified atom stereocenters. The topological polar surface area (TPSA) is 55.1 Å². The van der Waals surface area contributed by atoms with Gasteiger partial charge < -0.3 is 11.1 Å². The SMILES string of the molecule is CC(CC(N)=O)NCCS. The molecule has 0 aliphatic carbocycles. The Kier molecular flexibility index (Phi) is 5.43. The standard InChI is InChI=1S/C6H14N2OS/c1-5(4-6(7)9)8-2-3-10/h5,8,10H,2-4H2,1H3,(H2,7,9). The highest BCUT2D eigenvalue weighted by Crippen LogP contribution is 1.87. The number of thiol groups is 1. The number of hydrogen-bond donors (Lipinski definition) is 3. The Morgan fingerprint density at radius 3 is 2.80 bits per heavy atom. The van der Waals surface area contributed by atoms with Gasteiger partial charge in [-0.1, -0.05) is 0 Å². The van der Waals surface area contributed by atoms with Crippen LogP contribution in [0.4, 0.5) is 0 Å². The molecule has 0 heterocycles. The number of amides is 1. The molecule has 10 heavy (non-hydrogen) atoms. The molecule has 0 spiro atoms. The molecule has 0 aliphatic heterocycles. The van der Waals surface area contributed by atoms with Crippen LogP contribution in [0, 0.1) is 0 Å². The highest BCUT2D eigenvalue weighted by molar-refractivity contribution is 7.80. The van der Waals surface area contributed by atoms with Crippen LogP contribution in [0.3, 0.4) is 0 Å². The molecule has 0 saturated heterocycles. The second kappa shape index (κ2) is 5.56. The van der Waals surface area contributed by atoms with Crippen LogP contribution in [0.25, 0.3) is 0 Å². The molecule has 0 bridgehead atoms. The van der Waals surface area contributed by atoms with E-state index in [1.165, 1.54) is 0 Å². The van der Waals surface area contributed by atoms with E-state index in [1.54, 1.807) is 0 Å². The van der Waals surface area contributed by atoms with Crippen LogP contribution < -0.4 is 11.1 Å². The van der Waals surface area contributed by atoms with Gasteiger partial charge in [0, 0.05) is 24.8 Å². The maximum atomic E-state index is 10.3. The predicted octanol–water partition coefficient (Wildman–Crippen LogP) is -0.230. The lowest BCUT2D eigenvalue weighted by atomic mass is 10.2. The minimum Gasteiger partial charge on any atom is -0.370 e. The third kappa shape index (κ3) is 5.91. The van der Waals surface area contributed by atoms with E-state index in [4.69, 9.17) is 5.73 Å². The molecule has 1 amide bonds. The van der Waals surface area contributed by atoms with Gasteiger partial charge in [0.2, 0.25) is 5.91 Å². The van der Waals surface area contributed by atoms with Gasteiger partial charge in [-0.2, -0.15) is 12.6 Å². The third-order valence-corrected chi connectivity index (χ3v) is 1.34. The van der Waals surface area contributed by atoms with Gasteiger partial charge in [-0.05, 0) is 6.92 Å². The van der Waals surface area contributed by atoms with Crippen molar-refractivity contribution >= 4 is 18.5 Å². The summed E-state index contributed by atoms with van der Waals surface area (Å²) < 4.78 is 0. The van der Waals surface area contributed by atoms with E-state index in [2.05, 4.69) is 17.9 Å². The molecule has 0 fully saturated rings. The van der Waals surface area contributed by atoms with Crippen LogP contribution in [0.15, 0.2) is 0 Å². The summed E-state index contributed by atoms with van der Waals surface area (Å²) in [6.07, 6.45) is 0.397. The monoisotopic (exact) mass is 162 g/mol. The van der Waals surface area contributed by atoms with Crippen LogP contribution in [0.1, 0.15) is 13.3 Å². The maximum Gasteiger partial charge on any atom is 0.218 e. The molecule has 0 aliphatic rings. The van der Waals surface area contributed by atoms with E-state index >= 15 is 0 Å². The van der Waals surface area contributed by atoms with Crippen molar-refractivity contribution in [2.75, 3.05) is 12.3 Å². The average molecular weight is 162 g/mol. The highest BCUT2D eigenvalue weighted by atomic mass is 32.1. The minimum absolute atomic E-state index is 0.171. The Balaban J connectivity index is 3.25. The molecule has 0 saturated carbocycles. The Bertz CT molecular complexity index is 108. The average Bonchev–Trinajstić information content (AvgIpc) is 1.82. The number of carbonyl (C=O) groups is 1. The lowest BCUT2D eigenvalue weighted by Gasteiger charge is -2.09. The summed E-state index contributed by atoms with van der Waals surface area (Å²) in [6, 6.07) is 0.171. The lowest BCUT2D eigenvalue weighted by Crippen LogP contribution is -2.32. The van der Waals surface area contributed by atoms with E-state index < -0.39 is 0 Å². The number of carbonyl (C=O) groups excluding carboxylic acids is 1. The van der Waals surface area contributed by atoms with Gasteiger partial charge >= 0.3 is 0 Å². The number of nitrogens with two attached hydrogens (primary N) is 1. The number of rotatable bonds is 5. The van der Waals surface area contributed by atoms with E-state index in [0.717, 1.165) is 12.3 Å². The van der Waals surface area contributed by atoms with Crippen molar-refractivity contribution in [1.82, 2.24) is 5.32 Å². The fourth-order valence-corrected chi connectivity index (χ4v) is 0.814. The van der Waals surface area contributed by atoms with Gasteiger partial charge in [0.1, 0.15) is 0 Å². The van der Waals surface area contributed by atoms with Crippen molar-refractivity contribution in [3.8, 4) is 0 Å². The number of nitrogens with one attached hydrogen (secondary N) is 1. The molecule has 60 valence electrons. The zero-order valence-electron chi connectivity index (χ0n) is 6.13. The summed E-state index contributed by atoms with van der Waals surface area (Å²) in [5.74, 6) is 0.516. The van der Waals surface area contributed by atoms with Crippen molar-refractivity contribution in [3.05, 3.63) is 0 Å². The van der Waals surface area contributed by atoms with Gasteiger partial charge in [0.15, 0.2) is 0 Å². The molecular formula is C6H14N2OS. The van der Waals surface area contributed by atoms with Gasteiger partial charge in [0.05, 0.1) is 0 Å². The van der Waals surface area contributed by atoms with Crippen LogP contribution >= 0.6 is 12.6 Å². The molecule has 1 atom stereocenters. The van der Waals surface area contributed by atoms with E-state index in [9.17, 15) is 4.79 Å². The predicted molar refractivity (Wildman–Crippen MR) is 45.1 cm³/mol. The second-order valence-electron chi connectivity index (χ2n) is 2.25. The maximum absolute atomic E-state index is 10.3. The highest BCUT2D eigenvalue weighted by Gasteiger charge is 2.02. The minimum atomic E-state index is -0.265. The molecule has 0 aromatic carbocycles. The second-order valence-corrected chi connectivity index (χ2v) is 2.70. The molecule has 0 aromatic heterocycles. The molecule has 3 N–H and O–H groups in total. The van der Waals surface area contributed by atoms with E-state index in [1.807, 2.05) is 6.92 Å². The van der Waals surface area contributed by atoms with Crippen LogP contribution in [0.2, 0.25) is 0 Å². The summed E-state index contributed by atoms with van der Waals surface area (Å²) in [4.78, 5) is 10.3. The zero-order valence-corrected chi connectivity index (χ0v) is 7.03. The van der Waals surface area contributed by atoms with Gasteiger partial charge in [0.25, 0.3) is 0 Å². The van der Waals surface area contributed by atoms with Crippen molar-refractivity contribution in [2.24, 2.45) is 5.73 Å². The molecule has 0 aromatic rings. The summed E-state index contributed by atoms with van der Waals surface area (Å²) in [5, 5.41) is 3.09. The summed E-state index contributed by atoms with van der Waals surface area (Å²) in [7, 11) is 0. The Morgan fingerprint density at radius 2 is 2.40 bits per heavy atom. The number of hydrogen-bond acceptors (Lipinski definition) is 3. The smallest absolute Gasteiger partial charge is 0.218 e. The normalized spacial score (nSPS) is 13.0. The van der Waals surface area contributed by atoms with Crippen molar-refractivity contribution < 1.29 is 4.79 Å². The zero-order chi connectivity index (χ0) is 7.98. The summed E-state index contributed by atoms with van der Waals surface area (Å²) in [5.41, 5.74) is 4.97. The molecule has 0 rings (SSSR count). The summed E-state index contributed by atoms with van der Waals surface area (Å²) >= 11 is 4.01. The van der Waals surface area contributed by atoms with E-state index in [-0.39, 0.29) is 11.9 Å². The van der Waals surface area contributed by atoms with Gasteiger partial charge in [-0.15, -0.1) is 0 Å². The Hall–Kier alpha value is -0.220. The largest absolute Gasteiger partial charge is 0.370 e. The van der Waals surface area contributed by atoms with Gasteiger partial charge in [-0.3, -0.25) is 4.79 Å². The van der Waals surface area contributed by atoms with Gasteiger partial charge in [-0.25, -0.2) is 0 Å².